The molecular formula is KO4SZn+. The van der Waals surface area contributed by atoms with E-state index in [9.17, 15) is 0 Å². The van der Waals surface area contributed by atoms with Crippen LogP contribution in [-0.4, -0.2) is 17.5 Å². The van der Waals surface area contributed by atoms with Crippen molar-refractivity contribution in [3.05, 3.63) is 0 Å². The Bertz CT molecular complexity index is 94.9. The molecule has 0 spiro atoms. The molecule has 0 aromatic heterocycles. The zero-order valence-electron chi connectivity index (χ0n) is 3.75. The summed E-state index contributed by atoms with van der Waals surface area (Å²) in [5, 5.41) is 0. The molecule has 0 aliphatic carbocycles. The molecule has 0 heterocycles. The van der Waals surface area contributed by atoms with Crippen molar-refractivity contribution in [2.24, 2.45) is 0 Å². The Morgan fingerprint density at radius 3 is 1.14 bits per heavy atom. The smallest absolute Gasteiger partial charge is 0.759 e. The van der Waals surface area contributed by atoms with Crippen molar-refractivity contribution in [3.63, 3.8) is 0 Å². The molecule has 0 aliphatic heterocycles. The van der Waals surface area contributed by atoms with Crippen LogP contribution in [0.5, 0.6) is 0 Å². The minimum absolute atomic E-state index is 0. The van der Waals surface area contributed by atoms with Gasteiger partial charge in [0.1, 0.15) is 0 Å². The van der Waals surface area contributed by atoms with E-state index in [2.05, 4.69) is 0 Å². The van der Waals surface area contributed by atoms with E-state index in [0.717, 1.165) is 0 Å². The molecule has 0 rings (SSSR count). The monoisotopic (exact) mass is 199 g/mol. The molecule has 7 heteroatoms. The van der Waals surface area contributed by atoms with Crippen LogP contribution in [0.3, 0.4) is 0 Å². The van der Waals surface area contributed by atoms with E-state index in [1.807, 2.05) is 0 Å². The second-order valence-corrected chi connectivity index (χ2v) is 1.22. The molecule has 7 heavy (non-hydrogen) atoms. The molecule has 0 atom stereocenters. The third kappa shape index (κ3) is 67.3. The summed E-state index contributed by atoms with van der Waals surface area (Å²) < 4.78 is 34.1. The molecule has 0 aromatic rings. The third-order valence-electron chi connectivity index (χ3n) is 0. The Hall–Kier alpha value is 2.13. The van der Waals surface area contributed by atoms with E-state index in [4.69, 9.17) is 17.5 Å². The van der Waals surface area contributed by atoms with Gasteiger partial charge in [-0.25, -0.2) is 0 Å². The number of rotatable bonds is 0. The molecule has 0 radical (unpaired) electrons. The second kappa shape index (κ2) is 6.25. The number of hydrogen-bond donors (Lipinski definition) is 0. The van der Waals surface area contributed by atoms with Crippen LogP contribution in [0, 0.1) is 0 Å². The van der Waals surface area contributed by atoms with E-state index >= 15 is 0 Å². The van der Waals surface area contributed by atoms with Crippen LogP contribution in [0.25, 0.3) is 0 Å². The van der Waals surface area contributed by atoms with Gasteiger partial charge in [0.15, 0.2) is 0 Å². The molecule has 0 bridgehead atoms. The van der Waals surface area contributed by atoms with E-state index in [-0.39, 0.29) is 70.9 Å². The van der Waals surface area contributed by atoms with Crippen LogP contribution < -0.4 is 51.4 Å². The first-order valence-electron chi connectivity index (χ1n) is 0.667. The maximum atomic E-state index is 8.52. The molecule has 0 N–H and O–H groups in total. The average Bonchev–Trinajstić information content (AvgIpc) is 0.722. The first-order chi connectivity index (χ1) is 2.00. The Kier molecular flexibility index (Phi) is 14.3. The largest absolute Gasteiger partial charge is 2.00 e. The van der Waals surface area contributed by atoms with Gasteiger partial charge in [-0.2, -0.15) is 0 Å². The Morgan fingerprint density at radius 2 is 1.14 bits per heavy atom. The summed E-state index contributed by atoms with van der Waals surface area (Å²) in [5.74, 6) is 0. The third-order valence-corrected chi connectivity index (χ3v) is 0. The van der Waals surface area contributed by atoms with Crippen molar-refractivity contribution in [2.75, 3.05) is 0 Å². The van der Waals surface area contributed by atoms with Gasteiger partial charge >= 0.3 is 70.9 Å². The van der Waals surface area contributed by atoms with E-state index in [0.29, 0.717) is 0 Å². The Labute approximate surface area is 96.8 Å². The predicted molar refractivity (Wildman–Crippen MR) is 10.5 cm³/mol. The standard InChI is InChI=1S/K.H2O4S.Zn/c;1-5(2,3)4;/h;(H2,1,2,3,4);/q+1;;+2/p-2. The molecule has 0 fully saturated rings. The summed E-state index contributed by atoms with van der Waals surface area (Å²) in [7, 11) is -5.17. The zero-order chi connectivity index (χ0) is 4.50. The van der Waals surface area contributed by atoms with Crippen molar-refractivity contribution < 1.29 is 88.4 Å². The summed E-state index contributed by atoms with van der Waals surface area (Å²) in [4.78, 5) is 0. The quantitative estimate of drug-likeness (QED) is 0.225. The van der Waals surface area contributed by atoms with Gasteiger partial charge in [-0.3, -0.25) is 8.42 Å². The minimum atomic E-state index is -5.17. The van der Waals surface area contributed by atoms with Crippen molar-refractivity contribution in [2.45, 2.75) is 0 Å². The summed E-state index contributed by atoms with van der Waals surface area (Å²) in [6.07, 6.45) is 0. The topological polar surface area (TPSA) is 80.3 Å². The second-order valence-electron chi connectivity index (χ2n) is 0.408. The van der Waals surface area contributed by atoms with Crippen LogP contribution in [-0.2, 0) is 29.9 Å². The van der Waals surface area contributed by atoms with Crippen molar-refractivity contribution in [1.29, 1.82) is 0 Å². The maximum absolute atomic E-state index is 8.52. The maximum Gasteiger partial charge on any atom is 2.00 e. The fourth-order valence-corrected chi connectivity index (χ4v) is 0. The molecule has 4 nitrogen and oxygen atoms in total. The summed E-state index contributed by atoms with van der Waals surface area (Å²) in [6, 6.07) is 0. The van der Waals surface area contributed by atoms with Crippen LogP contribution >= 0.6 is 0 Å². The summed E-state index contributed by atoms with van der Waals surface area (Å²) in [5.41, 5.74) is 0. The molecule has 0 saturated heterocycles. The SMILES string of the molecule is O=S(=O)([O-])[O-].[K+].[Zn+2]. The predicted octanol–water partition coefficient (Wildman–Crippen LogP) is -4.34. The van der Waals surface area contributed by atoms with Crippen molar-refractivity contribution in [3.8, 4) is 0 Å². The first kappa shape index (κ1) is 16.1. The van der Waals surface area contributed by atoms with Crippen molar-refractivity contribution in [1.82, 2.24) is 0 Å². The van der Waals surface area contributed by atoms with Crippen LogP contribution in [0.15, 0.2) is 0 Å². The zero-order valence-corrected chi connectivity index (χ0v) is 10.7. The summed E-state index contributed by atoms with van der Waals surface area (Å²) in [6.45, 7) is 0. The van der Waals surface area contributed by atoms with Gasteiger partial charge in [0.25, 0.3) is 0 Å². The van der Waals surface area contributed by atoms with Crippen molar-refractivity contribution >= 4 is 10.4 Å². The molecular weight excluding hydrogens is 201 g/mol. The van der Waals surface area contributed by atoms with Gasteiger partial charge in [0.05, 0.1) is 0 Å². The van der Waals surface area contributed by atoms with Crippen LogP contribution in [0.4, 0.5) is 0 Å². The van der Waals surface area contributed by atoms with Crippen LogP contribution in [0.1, 0.15) is 0 Å². The molecule has 0 aromatic carbocycles. The van der Waals surface area contributed by atoms with Gasteiger partial charge in [0.2, 0.25) is 0 Å². The molecule has 0 amide bonds. The molecule has 0 saturated carbocycles. The van der Waals surface area contributed by atoms with Gasteiger partial charge in [-0.15, -0.1) is 0 Å². The normalized spacial score (nSPS) is 8.29. The van der Waals surface area contributed by atoms with Gasteiger partial charge in [-0.05, 0) is 0 Å². The molecule has 32 valence electrons. The van der Waals surface area contributed by atoms with Crippen LogP contribution in [0.2, 0.25) is 0 Å². The van der Waals surface area contributed by atoms with Gasteiger partial charge in [0, 0.05) is 10.4 Å². The fourth-order valence-electron chi connectivity index (χ4n) is 0. The summed E-state index contributed by atoms with van der Waals surface area (Å²) >= 11 is 0. The van der Waals surface area contributed by atoms with E-state index < -0.39 is 10.4 Å². The first-order valence-corrected chi connectivity index (χ1v) is 2.00. The van der Waals surface area contributed by atoms with E-state index in [1.54, 1.807) is 0 Å². The Balaban J connectivity index is -0.0000000800. The Morgan fingerprint density at radius 1 is 1.14 bits per heavy atom. The average molecular weight is 201 g/mol. The number of hydrogen-bond acceptors (Lipinski definition) is 4. The van der Waals surface area contributed by atoms with E-state index in [1.165, 1.54) is 0 Å². The minimum Gasteiger partial charge on any atom is -0.759 e. The fraction of sp³-hybridized carbons (Fsp3) is 0. The van der Waals surface area contributed by atoms with Gasteiger partial charge in [-0.1, -0.05) is 0 Å². The molecule has 0 unspecified atom stereocenters. The van der Waals surface area contributed by atoms with Gasteiger partial charge < -0.3 is 9.11 Å². The molecule has 0 aliphatic rings.